The first-order chi connectivity index (χ1) is 1.41. The SMILES string of the molecule is O=[O+][O-].[Ag]. The zero-order chi connectivity index (χ0) is 2.71. The Bertz CT molecular complexity index is 10.8. The van der Waals surface area contributed by atoms with Gasteiger partial charge in [-0.15, -0.1) is 0 Å². The molecular weight excluding hydrogens is 156 g/mol. The molecular formula is AgO3. The Labute approximate surface area is 38.0 Å². The number of hydrogen-bond donors (Lipinski definition) is 0. The standard InChI is InChI=1S/Ag.O3/c;1-3-2. The summed E-state index contributed by atoms with van der Waals surface area (Å²) < 4.78 is 1.75. The van der Waals surface area contributed by atoms with Crippen LogP contribution in [0.25, 0.3) is 0 Å². The molecule has 0 heterocycles. The summed E-state index contributed by atoms with van der Waals surface area (Å²) in [7, 11) is 0. The minimum atomic E-state index is 0. The molecule has 0 atom stereocenters. The first-order valence-electron chi connectivity index (χ1n) is 0.333. The third kappa shape index (κ3) is 141. The summed E-state index contributed by atoms with van der Waals surface area (Å²) in [5, 5.41) is 7.88. The summed E-state index contributed by atoms with van der Waals surface area (Å²) in [6.45, 7) is 0. The largest absolute Gasteiger partial charge is 0.154 e. The molecule has 0 N–H and O–H groups in total. The molecule has 0 unspecified atom stereocenters. The first kappa shape index (κ1) is 8.91. The molecule has 0 aliphatic rings. The molecule has 0 fully saturated rings. The third-order valence-electron chi connectivity index (χ3n) is 0. The minimum Gasteiger partial charge on any atom is -0.0772 e. The van der Waals surface area contributed by atoms with Crippen LogP contribution in [0.4, 0.5) is 0 Å². The van der Waals surface area contributed by atoms with Crippen LogP contribution in [-0.4, -0.2) is 0 Å². The third-order valence-corrected chi connectivity index (χ3v) is 0. The Hall–Kier alpha value is 0.140. The van der Waals surface area contributed by atoms with Crippen molar-refractivity contribution >= 4 is 0 Å². The van der Waals surface area contributed by atoms with Gasteiger partial charge in [-0.25, -0.2) is 0 Å². The second-order valence-corrected chi connectivity index (χ2v) is 0.0680. The van der Waals surface area contributed by atoms with Gasteiger partial charge in [0, 0.05) is 22.4 Å². The van der Waals surface area contributed by atoms with E-state index in [0.29, 0.717) is 0 Å². The Balaban J connectivity index is 0. The van der Waals surface area contributed by atoms with E-state index in [4.69, 9.17) is 10.2 Å². The van der Waals surface area contributed by atoms with Gasteiger partial charge in [-0.1, -0.05) is 10.2 Å². The average molecular weight is 156 g/mol. The van der Waals surface area contributed by atoms with Gasteiger partial charge in [0.25, 0.3) is 0 Å². The van der Waals surface area contributed by atoms with Crippen LogP contribution in [0.1, 0.15) is 0 Å². The Morgan fingerprint density at radius 1 is 1.75 bits per heavy atom. The van der Waals surface area contributed by atoms with E-state index in [1.165, 1.54) is 0 Å². The molecule has 0 saturated heterocycles. The topological polar surface area (TPSA) is 51.4 Å². The van der Waals surface area contributed by atoms with Crippen LogP contribution in [0, 0.1) is 9.71 Å². The fourth-order valence-electron chi connectivity index (χ4n) is 0. The van der Waals surface area contributed by atoms with E-state index in [0.717, 1.165) is 0 Å². The summed E-state index contributed by atoms with van der Waals surface area (Å²) in [6, 6.07) is 0. The van der Waals surface area contributed by atoms with Crippen molar-refractivity contribution in [3.8, 4) is 0 Å². The molecule has 4 heavy (non-hydrogen) atoms. The monoisotopic (exact) mass is 155 g/mol. The predicted octanol–water partition coefficient (Wildman–Crippen LogP) is -1.12. The summed E-state index contributed by atoms with van der Waals surface area (Å²) >= 11 is 0. The van der Waals surface area contributed by atoms with Gasteiger partial charge in [-0.3, -0.25) is 0 Å². The summed E-state index contributed by atoms with van der Waals surface area (Å²) in [5.41, 5.74) is 0. The molecule has 0 aliphatic heterocycles. The van der Waals surface area contributed by atoms with Crippen LogP contribution in [0.3, 0.4) is 0 Å². The molecule has 0 aliphatic carbocycles. The van der Waals surface area contributed by atoms with Crippen molar-refractivity contribution in [3.63, 3.8) is 0 Å². The Morgan fingerprint density at radius 2 is 1.75 bits per heavy atom. The van der Waals surface area contributed by atoms with E-state index in [2.05, 4.69) is 0 Å². The Morgan fingerprint density at radius 3 is 1.75 bits per heavy atom. The van der Waals surface area contributed by atoms with Crippen LogP contribution in [0.15, 0.2) is 0 Å². The van der Waals surface area contributed by atoms with Crippen LogP contribution in [0.2, 0.25) is 0 Å². The second-order valence-electron chi connectivity index (χ2n) is 0.0680. The maximum atomic E-state index is 7.88. The van der Waals surface area contributed by atoms with Crippen molar-refractivity contribution in [1.82, 2.24) is 0 Å². The van der Waals surface area contributed by atoms with Crippen molar-refractivity contribution in [2.45, 2.75) is 0 Å². The fraction of sp³-hybridized carbons (Fsp3) is 0. The van der Waals surface area contributed by atoms with Gasteiger partial charge in [0.15, 0.2) is 4.75 Å². The molecule has 0 aromatic carbocycles. The molecule has 0 amide bonds. The molecule has 1 radical (unpaired) electrons. The van der Waals surface area contributed by atoms with Crippen molar-refractivity contribution < 1.29 is 27.6 Å². The first-order valence-corrected chi connectivity index (χ1v) is 0.333. The van der Waals surface area contributed by atoms with Crippen LogP contribution in [0.5, 0.6) is 0 Å². The summed E-state index contributed by atoms with van der Waals surface area (Å²) in [5.74, 6) is 0. The number of hydrogen-bond acceptors (Lipinski definition) is 2. The quantitative estimate of drug-likeness (QED) is 0.193. The van der Waals surface area contributed by atoms with Crippen molar-refractivity contribution in [2.75, 3.05) is 0 Å². The molecule has 0 rings (SSSR count). The van der Waals surface area contributed by atoms with Gasteiger partial charge >= 0.3 is 0 Å². The molecule has 0 aromatic rings. The van der Waals surface area contributed by atoms with E-state index in [1.54, 1.807) is 4.75 Å². The number of rotatable bonds is 0. The van der Waals surface area contributed by atoms with Crippen molar-refractivity contribution in [3.05, 3.63) is 9.71 Å². The van der Waals surface area contributed by atoms with Gasteiger partial charge in [0.05, 0.1) is 0 Å². The smallest absolute Gasteiger partial charge is 0.0772 e. The van der Waals surface area contributed by atoms with Crippen LogP contribution >= 0.6 is 0 Å². The second kappa shape index (κ2) is 11.1. The molecule has 0 aromatic heterocycles. The van der Waals surface area contributed by atoms with Gasteiger partial charge in [-0.05, 0) is 0 Å². The van der Waals surface area contributed by atoms with Crippen LogP contribution < -0.4 is 5.26 Å². The normalized spacial score (nSPS) is 3.00. The van der Waals surface area contributed by atoms with Gasteiger partial charge in [0.1, 0.15) is 0 Å². The minimum absolute atomic E-state index is 0. The van der Waals surface area contributed by atoms with Gasteiger partial charge in [-0.2, -0.15) is 0 Å². The maximum absolute atomic E-state index is 7.88. The van der Waals surface area contributed by atoms with Crippen LogP contribution in [-0.2, 0) is 22.4 Å². The van der Waals surface area contributed by atoms with E-state index in [-0.39, 0.29) is 22.4 Å². The summed E-state index contributed by atoms with van der Waals surface area (Å²) in [4.78, 5) is 7.88. The fourth-order valence-corrected chi connectivity index (χ4v) is 0. The van der Waals surface area contributed by atoms with Gasteiger partial charge in [0.2, 0.25) is 0 Å². The van der Waals surface area contributed by atoms with Gasteiger partial charge < -0.3 is 0 Å². The van der Waals surface area contributed by atoms with Crippen molar-refractivity contribution in [1.29, 1.82) is 0 Å². The molecule has 4 heteroatoms. The summed E-state index contributed by atoms with van der Waals surface area (Å²) in [6.07, 6.45) is 0. The molecule has 3 nitrogen and oxygen atoms in total. The van der Waals surface area contributed by atoms with E-state index in [1.807, 2.05) is 0 Å². The predicted molar refractivity (Wildman–Crippen MR) is 6.73 cm³/mol. The average Bonchev–Trinajstić information content (AvgIpc) is 0.918. The molecule has 0 saturated carbocycles. The zero-order valence-corrected chi connectivity index (χ0v) is 3.01. The van der Waals surface area contributed by atoms with E-state index in [9.17, 15) is 0 Å². The maximum Gasteiger partial charge on any atom is 0.154 e. The van der Waals surface area contributed by atoms with E-state index < -0.39 is 0 Å². The van der Waals surface area contributed by atoms with E-state index >= 15 is 0 Å². The molecule has 0 spiro atoms. The Kier molecular flexibility index (Phi) is 24.7. The molecule has 0 bridgehead atoms. The van der Waals surface area contributed by atoms with Crippen molar-refractivity contribution in [2.24, 2.45) is 0 Å². The molecule has 29 valence electrons. The zero-order valence-electron chi connectivity index (χ0n) is 1.53.